The number of nitrogens with zero attached hydrogens (tertiary/aromatic N) is 3. The molecule has 1 aliphatic heterocycles. The minimum atomic E-state index is 0.219. The fourth-order valence-electron chi connectivity index (χ4n) is 1.99. The van der Waals surface area contributed by atoms with Crippen LogP contribution in [-0.4, -0.2) is 41.0 Å². The maximum absolute atomic E-state index is 5.95. The van der Waals surface area contributed by atoms with E-state index in [-0.39, 0.29) is 5.28 Å². The van der Waals surface area contributed by atoms with Gasteiger partial charge in [0.15, 0.2) is 0 Å². The Morgan fingerprint density at radius 1 is 1.29 bits per heavy atom. The molecule has 0 unspecified atom stereocenters. The summed E-state index contributed by atoms with van der Waals surface area (Å²) in [7, 11) is 0. The van der Waals surface area contributed by atoms with Gasteiger partial charge in [0.05, 0.1) is 6.20 Å². The van der Waals surface area contributed by atoms with Crippen LogP contribution in [-0.2, 0) is 0 Å². The van der Waals surface area contributed by atoms with Crippen molar-refractivity contribution in [2.45, 2.75) is 19.3 Å². The Balaban J connectivity index is 1.72. The molecule has 0 radical (unpaired) electrons. The van der Waals surface area contributed by atoms with Crippen molar-refractivity contribution in [3.63, 3.8) is 0 Å². The van der Waals surface area contributed by atoms with Crippen LogP contribution in [0, 0.1) is 0 Å². The summed E-state index contributed by atoms with van der Waals surface area (Å²) in [6, 6.07) is 0. The molecule has 0 bridgehead atoms. The Hall–Kier alpha value is -0.580. The van der Waals surface area contributed by atoms with Crippen LogP contribution in [0.3, 0.4) is 0 Å². The quantitative estimate of drug-likeness (QED) is 0.662. The summed E-state index contributed by atoms with van der Waals surface area (Å²) < 4.78 is 0. The van der Waals surface area contributed by atoms with Gasteiger partial charge in [-0.2, -0.15) is 4.98 Å². The summed E-state index contributed by atoms with van der Waals surface area (Å²) in [5.74, 6) is 0.619. The molecule has 0 spiro atoms. The second kappa shape index (κ2) is 6.38. The molecule has 1 aromatic heterocycles. The molecule has 1 aliphatic rings. The first-order valence-electron chi connectivity index (χ1n) is 5.90. The zero-order valence-electron chi connectivity index (χ0n) is 9.62. The lowest BCUT2D eigenvalue weighted by molar-refractivity contribution is 0.337. The van der Waals surface area contributed by atoms with E-state index in [4.69, 9.17) is 23.2 Å². The molecule has 0 atom stereocenters. The van der Waals surface area contributed by atoms with Crippen LogP contribution in [0.4, 0.5) is 5.82 Å². The molecule has 0 amide bonds. The number of rotatable bonds is 5. The van der Waals surface area contributed by atoms with Gasteiger partial charge in [-0.3, -0.25) is 0 Å². The lowest BCUT2D eigenvalue weighted by atomic mass is 10.4. The van der Waals surface area contributed by atoms with Crippen molar-refractivity contribution >= 4 is 29.0 Å². The number of likely N-dealkylation sites (tertiary alicyclic amines) is 1. The third-order valence-corrected chi connectivity index (χ3v) is 3.32. The first kappa shape index (κ1) is 12.9. The average Bonchev–Trinajstić information content (AvgIpc) is 2.82. The molecule has 1 N–H and O–H groups in total. The van der Waals surface area contributed by atoms with Crippen LogP contribution in [0.25, 0.3) is 0 Å². The molecule has 4 nitrogen and oxygen atoms in total. The zero-order valence-corrected chi connectivity index (χ0v) is 11.1. The number of hydrogen-bond donors (Lipinski definition) is 1. The highest BCUT2D eigenvalue weighted by Crippen LogP contribution is 2.19. The van der Waals surface area contributed by atoms with Crippen LogP contribution in [0.15, 0.2) is 6.20 Å². The van der Waals surface area contributed by atoms with Crippen molar-refractivity contribution < 1.29 is 0 Å². The van der Waals surface area contributed by atoms with Crippen molar-refractivity contribution in [1.29, 1.82) is 0 Å². The van der Waals surface area contributed by atoms with Crippen molar-refractivity contribution in [1.82, 2.24) is 14.9 Å². The molecule has 17 heavy (non-hydrogen) atoms. The third-order valence-electron chi connectivity index (χ3n) is 2.86. The Labute approximate surface area is 111 Å². The second-order valence-corrected chi connectivity index (χ2v) is 4.91. The molecule has 0 aromatic carbocycles. The molecule has 6 heteroatoms. The number of anilines is 1. The van der Waals surface area contributed by atoms with Crippen molar-refractivity contribution in [3.05, 3.63) is 16.5 Å². The lowest BCUT2D eigenvalue weighted by Crippen LogP contribution is -2.22. The highest BCUT2D eigenvalue weighted by Gasteiger charge is 2.10. The first-order chi connectivity index (χ1) is 8.25. The lowest BCUT2D eigenvalue weighted by Gasteiger charge is -2.14. The van der Waals surface area contributed by atoms with Crippen LogP contribution in [0.5, 0.6) is 0 Å². The summed E-state index contributed by atoms with van der Waals surface area (Å²) >= 11 is 11.6. The summed E-state index contributed by atoms with van der Waals surface area (Å²) in [6.07, 6.45) is 5.26. The van der Waals surface area contributed by atoms with Gasteiger partial charge >= 0.3 is 0 Å². The minimum Gasteiger partial charge on any atom is -0.369 e. The molecule has 2 heterocycles. The van der Waals surface area contributed by atoms with Crippen molar-refractivity contribution in [3.8, 4) is 0 Å². The monoisotopic (exact) mass is 274 g/mol. The van der Waals surface area contributed by atoms with Crippen molar-refractivity contribution in [2.24, 2.45) is 0 Å². The third kappa shape index (κ3) is 3.98. The molecule has 0 saturated carbocycles. The second-order valence-electron chi connectivity index (χ2n) is 4.16. The fraction of sp³-hybridized carbons (Fsp3) is 0.636. The van der Waals surface area contributed by atoms with E-state index < -0.39 is 0 Å². The Morgan fingerprint density at radius 3 is 2.82 bits per heavy atom. The van der Waals surface area contributed by atoms with E-state index >= 15 is 0 Å². The largest absolute Gasteiger partial charge is 0.369 e. The van der Waals surface area contributed by atoms with E-state index in [0.717, 1.165) is 19.5 Å². The number of hydrogen-bond acceptors (Lipinski definition) is 4. The van der Waals surface area contributed by atoms with Gasteiger partial charge in [-0.05, 0) is 50.5 Å². The van der Waals surface area contributed by atoms with Gasteiger partial charge in [0, 0.05) is 6.54 Å². The zero-order chi connectivity index (χ0) is 12.1. The Morgan fingerprint density at radius 2 is 2.06 bits per heavy atom. The molecule has 94 valence electrons. The smallest absolute Gasteiger partial charge is 0.224 e. The standard InChI is InChI=1S/C11H16Cl2N4/c12-9-8-15-11(13)16-10(9)14-4-3-7-17-5-1-2-6-17/h8H,1-7H2,(H,14,15,16). The summed E-state index contributed by atoms with van der Waals surface area (Å²) in [5, 5.41) is 3.91. The maximum Gasteiger partial charge on any atom is 0.224 e. The van der Waals surface area contributed by atoms with Gasteiger partial charge in [0.2, 0.25) is 5.28 Å². The molecular formula is C11H16Cl2N4. The molecule has 2 rings (SSSR count). The van der Waals surface area contributed by atoms with Gasteiger partial charge < -0.3 is 10.2 Å². The van der Waals surface area contributed by atoms with E-state index in [1.54, 1.807) is 0 Å². The van der Waals surface area contributed by atoms with Crippen LogP contribution in [0.2, 0.25) is 10.3 Å². The van der Waals surface area contributed by atoms with Gasteiger partial charge in [0.25, 0.3) is 0 Å². The van der Waals surface area contributed by atoms with Crippen molar-refractivity contribution in [2.75, 3.05) is 31.5 Å². The molecule has 1 saturated heterocycles. The van der Waals surface area contributed by atoms with Gasteiger partial charge in [-0.1, -0.05) is 11.6 Å². The summed E-state index contributed by atoms with van der Waals surface area (Å²) in [5.41, 5.74) is 0. The number of nitrogens with one attached hydrogen (secondary N) is 1. The average molecular weight is 275 g/mol. The van der Waals surface area contributed by atoms with E-state index in [9.17, 15) is 0 Å². The van der Waals surface area contributed by atoms with E-state index in [2.05, 4.69) is 20.2 Å². The van der Waals surface area contributed by atoms with Crippen LogP contribution >= 0.6 is 23.2 Å². The van der Waals surface area contributed by atoms with Gasteiger partial charge in [-0.15, -0.1) is 0 Å². The number of aromatic nitrogens is 2. The molecule has 1 fully saturated rings. The van der Waals surface area contributed by atoms with E-state index in [1.165, 1.54) is 32.1 Å². The SMILES string of the molecule is Clc1ncc(Cl)c(NCCCN2CCCC2)n1. The first-order valence-corrected chi connectivity index (χ1v) is 6.65. The summed E-state index contributed by atoms with van der Waals surface area (Å²) in [6.45, 7) is 4.45. The normalized spacial score (nSPS) is 16.4. The fourth-order valence-corrected chi connectivity index (χ4v) is 2.28. The predicted octanol–water partition coefficient (Wildman–Crippen LogP) is 2.68. The van der Waals surface area contributed by atoms with Crippen LogP contribution < -0.4 is 5.32 Å². The van der Waals surface area contributed by atoms with E-state index in [0.29, 0.717) is 10.8 Å². The highest BCUT2D eigenvalue weighted by molar-refractivity contribution is 6.33. The molecular weight excluding hydrogens is 259 g/mol. The van der Waals surface area contributed by atoms with Gasteiger partial charge in [0.1, 0.15) is 10.8 Å². The van der Waals surface area contributed by atoms with E-state index in [1.807, 2.05) is 0 Å². The number of halogens is 2. The predicted molar refractivity (Wildman–Crippen MR) is 70.8 cm³/mol. The maximum atomic E-state index is 5.95. The minimum absolute atomic E-state index is 0.219. The Kier molecular flexibility index (Phi) is 4.83. The molecule has 1 aromatic rings. The summed E-state index contributed by atoms with van der Waals surface area (Å²) in [4.78, 5) is 10.3. The van der Waals surface area contributed by atoms with Gasteiger partial charge in [-0.25, -0.2) is 4.98 Å². The highest BCUT2D eigenvalue weighted by atomic mass is 35.5. The topological polar surface area (TPSA) is 41.1 Å². The van der Waals surface area contributed by atoms with Crippen LogP contribution in [0.1, 0.15) is 19.3 Å². The Bertz CT molecular complexity index is 366. The molecule has 0 aliphatic carbocycles.